The Balaban J connectivity index is 4.82. The summed E-state index contributed by atoms with van der Waals surface area (Å²) in [5, 5.41) is 9.02. The van der Waals surface area contributed by atoms with Gasteiger partial charge in [-0.2, -0.15) is 4.72 Å². The molecule has 8 heteroatoms. The number of rotatable bonds is 8. The maximum absolute atomic E-state index is 11.6. The summed E-state index contributed by atoms with van der Waals surface area (Å²) in [5.74, 6) is -3.07. The zero-order valence-electron chi connectivity index (χ0n) is 10.7. The van der Waals surface area contributed by atoms with E-state index in [0.717, 1.165) is 0 Å². The number of carboxylic acids is 1. The van der Waals surface area contributed by atoms with Gasteiger partial charge in [0.25, 0.3) is 0 Å². The van der Waals surface area contributed by atoms with Gasteiger partial charge in [-0.3, -0.25) is 9.59 Å². The van der Waals surface area contributed by atoms with E-state index in [1.807, 2.05) is 4.72 Å². The van der Waals surface area contributed by atoms with Crippen LogP contribution in [0.3, 0.4) is 0 Å². The molecule has 0 amide bonds. The van der Waals surface area contributed by atoms with Gasteiger partial charge in [0.05, 0.1) is 6.61 Å². The lowest BCUT2D eigenvalue weighted by molar-refractivity contribution is -0.144. The monoisotopic (exact) mass is 281 g/mol. The Morgan fingerprint density at radius 3 is 2.28 bits per heavy atom. The van der Waals surface area contributed by atoms with Crippen molar-refractivity contribution in [2.45, 2.75) is 39.2 Å². The first kappa shape index (κ1) is 16.9. The van der Waals surface area contributed by atoms with E-state index in [1.165, 1.54) is 6.92 Å². The van der Waals surface area contributed by atoms with Gasteiger partial charge in [0.15, 0.2) is 5.75 Å². The molecule has 1 atom stereocenters. The number of esters is 1. The minimum absolute atomic E-state index is 0.0690. The smallest absolute Gasteiger partial charge is 0.324 e. The van der Waals surface area contributed by atoms with Gasteiger partial charge in [0.2, 0.25) is 10.0 Å². The van der Waals surface area contributed by atoms with E-state index in [4.69, 9.17) is 5.11 Å². The van der Waals surface area contributed by atoms with E-state index in [0.29, 0.717) is 6.42 Å². The molecule has 2 N–H and O–H groups in total. The Bertz CT molecular complexity index is 405. The molecule has 0 aliphatic heterocycles. The van der Waals surface area contributed by atoms with E-state index < -0.39 is 33.3 Å². The Hall–Kier alpha value is -1.15. The highest BCUT2D eigenvalue weighted by atomic mass is 32.2. The van der Waals surface area contributed by atoms with Gasteiger partial charge in [-0.05, 0) is 20.3 Å². The lowest BCUT2D eigenvalue weighted by Gasteiger charge is -2.25. The van der Waals surface area contributed by atoms with Gasteiger partial charge in [-0.25, -0.2) is 8.42 Å². The average molecular weight is 281 g/mol. The molecule has 0 rings (SSSR count). The van der Waals surface area contributed by atoms with Crippen LogP contribution in [0.25, 0.3) is 0 Å². The molecule has 0 fully saturated rings. The molecular weight excluding hydrogens is 262 g/mol. The van der Waals surface area contributed by atoms with E-state index in [2.05, 4.69) is 4.74 Å². The number of nitrogens with one attached hydrogen (secondary N) is 1. The highest BCUT2D eigenvalue weighted by molar-refractivity contribution is 7.90. The van der Waals surface area contributed by atoms with E-state index in [1.54, 1.807) is 13.8 Å². The molecule has 0 radical (unpaired) electrons. The van der Waals surface area contributed by atoms with Crippen LogP contribution in [0, 0.1) is 0 Å². The highest BCUT2D eigenvalue weighted by Gasteiger charge is 2.37. The van der Waals surface area contributed by atoms with Crippen LogP contribution in [0.15, 0.2) is 0 Å². The van der Waals surface area contributed by atoms with Gasteiger partial charge < -0.3 is 9.84 Å². The quantitative estimate of drug-likeness (QED) is 0.611. The summed E-state index contributed by atoms with van der Waals surface area (Å²) in [6, 6.07) is 0. The topological polar surface area (TPSA) is 110 Å². The fraction of sp³-hybridized carbons (Fsp3) is 0.800. The van der Waals surface area contributed by atoms with Crippen LogP contribution in [-0.4, -0.2) is 43.4 Å². The van der Waals surface area contributed by atoms with Crippen LogP contribution in [0.4, 0.5) is 0 Å². The zero-order chi connectivity index (χ0) is 14.4. The third kappa shape index (κ3) is 5.46. The van der Waals surface area contributed by atoms with Crippen molar-refractivity contribution in [3.8, 4) is 0 Å². The normalized spacial score (nSPS) is 14.8. The third-order valence-electron chi connectivity index (χ3n) is 2.22. The summed E-state index contributed by atoms with van der Waals surface area (Å²) in [5.41, 5.74) is -1.61. The van der Waals surface area contributed by atoms with Gasteiger partial charge in [0, 0.05) is 0 Å². The van der Waals surface area contributed by atoms with Crippen molar-refractivity contribution in [3.05, 3.63) is 0 Å². The Kier molecular flexibility index (Phi) is 6.27. The fourth-order valence-corrected chi connectivity index (χ4v) is 2.78. The highest BCUT2D eigenvalue weighted by Crippen LogP contribution is 2.14. The minimum Gasteiger partial charge on any atom is -0.480 e. The lowest BCUT2D eigenvalue weighted by atomic mass is 9.98. The van der Waals surface area contributed by atoms with Crippen LogP contribution >= 0.6 is 0 Å². The number of ether oxygens (including phenoxy) is 1. The summed E-state index contributed by atoms with van der Waals surface area (Å²) in [7, 11) is -4.03. The molecule has 0 saturated carbocycles. The Labute approximate surface area is 107 Å². The van der Waals surface area contributed by atoms with Crippen molar-refractivity contribution in [2.75, 3.05) is 12.4 Å². The second-order valence-electron chi connectivity index (χ2n) is 4.05. The third-order valence-corrected chi connectivity index (χ3v) is 3.59. The molecule has 0 bridgehead atoms. The first-order chi connectivity index (χ1) is 8.17. The van der Waals surface area contributed by atoms with Crippen LogP contribution < -0.4 is 4.72 Å². The average Bonchev–Trinajstić information content (AvgIpc) is 2.15. The second kappa shape index (κ2) is 6.69. The van der Waals surface area contributed by atoms with E-state index >= 15 is 0 Å². The van der Waals surface area contributed by atoms with Gasteiger partial charge in [-0.1, -0.05) is 13.3 Å². The first-order valence-corrected chi connectivity index (χ1v) is 7.22. The standard InChI is InChI=1S/C10H19NO6S/c1-4-6-10(3,9(13)14)11-18(15,16)7-8(12)17-5-2/h11H,4-7H2,1-3H3,(H,13,14). The van der Waals surface area contributed by atoms with Gasteiger partial charge in [-0.15, -0.1) is 0 Å². The first-order valence-electron chi connectivity index (χ1n) is 5.57. The summed E-state index contributed by atoms with van der Waals surface area (Å²) in [4.78, 5) is 22.1. The molecule has 0 spiro atoms. The second-order valence-corrected chi connectivity index (χ2v) is 5.78. The van der Waals surface area contributed by atoms with E-state index in [-0.39, 0.29) is 13.0 Å². The molecule has 0 aromatic heterocycles. The van der Waals surface area contributed by atoms with Gasteiger partial charge in [0.1, 0.15) is 5.54 Å². The molecule has 0 aromatic carbocycles. The molecule has 7 nitrogen and oxygen atoms in total. The van der Waals surface area contributed by atoms with Crippen LogP contribution in [0.5, 0.6) is 0 Å². The predicted octanol–water partition coefficient (Wildman–Crippen LogP) is 0.112. The molecular formula is C10H19NO6S. The van der Waals surface area contributed by atoms with Gasteiger partial charge >= 0.3 is 11.9 Å². The molecule has 106 valence electrons. The summed E-state index contributed by atoms with van der Waals surface area (Å²) >= 11 is 0. The van der Waals surface area contributed by atoms with Crippen molar-refractivity contribution < 1.29 is 27.9 Å². The van der Waals surface area contributed by atoms with Crippen molar-refractivity contribution in [3.63, 3.8) is 0 Å². The molecule has 0 saturated heterocycles. The maximum atomic E-state index is 11.6. The number of hydrogen-bond donors (Lipinski definition) is 2. The zero-order valence-corrected chi connectivity index (χ0v) is 11.5. The number of carbonyl (C=O) groups excluding carboxylic acids is 1. The van der Waals surface area contributed by atoms with Crippen molar-refractivity contribution in [2.24, 2.45) is 0 Å². The molecule has 0 aromatic rings. The lowest BCUT2D eigenvalue weighted by Crippen LogP contribution is -2.53. The molecule has 18 heavy (non-hydrogen) atoms. The molecule has 0 aliphatic rings. The SMILES string of the molecule is CCCC(C)(NS(=O)(=O)CC(=O)OCC)C(=O)O. The number of carbonyl (C=O) groups is 2. The minimum atomic E-state index is -4.03. The van der Waals surface area contributed by atoms with Crippen LogP contribution in [-0.2, 0) is 24.3 Å². The van der Waals surface area contributed by atoms with E-state index in [9.17, 15) is 18.0 Å². The largest absolute Gasteiger partial charge is 0.480 e. The van der Waals surface area contributed by atoms with Crippen molar-refractivity contribution in [1.29, 1.82) is 0 Å². The van der Waals surface area contributed by atoms with Crippen molar-refractivity contribution >= 4 is 22.0 Å². The molecule has 0 heterocycles. The number of sulfonamides is 1. The number of carboxylic acid groups (broad SMARTS) is 1. The summed E-state index contributed by atoms with van der Waals surface area (Å²) < 4.78 is 29.8. The summed E-state index contributed by atoms with van der Waals surface area (Å²) in [6.45, 7) is 4.62. The maximum Gasteiger partial charge on any atom is 0.324 e. The predicted molar refractivity (Wildman–Crippen MR) is 64.5 cm³/mol. The van der Waals surface area contributed by atoms with Crippen molar-refractivity contribution in [1.82, 2.24) is 4.72 Å². The molecule has 1 unspecified atom stereocenters. The Morgan fingerprint density at radius 2 is 1.89 bits per heavy atom. The van der Waals surface area contributed by atoms with Crippen LogP contribution in [0.1, 0.15) is 33.6 Å². The number of aliphatic carboxylic acids is 1. The number of hydrogen-bond acceptors (Lipinski definition) is 5. The molecule has 0 aliphatic carbocycles. The summed E-state index contributed by atoms with van der Waals surface area (Å²) in [6.07, 6.45) is 0.620. The fourth-order valence-electron chi connectivity index (χ4n) is 1.44. The van der Waals surface area contributed by atoms with Crippen LogP contribution in [0.2, 0.25) is 0 Å². The Morgan fingerprint density at radius 1 is 1.33 bits per heavy atom.